The van der Waals surface area contributed by atoms with E-state index in [2.05, 4.69) is 10.6 Å². The Labute approximate surface area is 227 Å². The Morgan fingerprint density at radius 3 is 2.18 bits per heavy atom. The maximum atomic E-state index is 13.1. The molecule has 0 aliphatic heterocycles. The lowest BCUT2D eigenvalue weighted by atomic mass is 10.00. The maximum absolute atomic E-state index is 13.1. The zero-order valence-corrected chi connectivity index (χ0v) is 21.8. The summed E-state index contributed by atoms with van der Waals surface area (Å²) in [7, 11) is 1.35. The Balaban J connectivity index is 1.38. The van der Waals surface area contributed by atoms with E-state index in [4.69, 9.17) is 21.1 Å². The summed E-state index contributed by atoms with van der Waals surface area (Å²) in [5.74, 6) is 0.178. The molecule has 1 atom stereocenters. The molecule has 0 unspecified atom stereocenters. The second-order valence-electron chi connectivity index (χ2n) is 8.56. The van der Waals surface area contributed by atoms with Crippen molar-refractivity contribution in [1.82, 2.24) is 0 Å². The zero-order valence-electron chi connectivity index (χ0n) is 21.0. The van der Waals surface area contributed by atoms with Gasteiger partial charge in [0.05, 0.1) is 17.8 Å². The van der Waals surface area contributed by atoms with E-state index in [9.17, 15) is 9.59 Å². The molecule has 6 nitrogen and oxygen atoms in total. The highest BCUT2D eigenvalue weighted by Gasteiger charge is 2.22. The standard InChI is InChI=1S/C31H29ClN2O4/c1-37-31(36)29(34-27-13-7-5-11-25(27)30(35)23-9-3-2-4-10-23)21-22-15-17-24(18-16-22)38-20-19-33-28-14-8-6-12-26(28)32/h2-18,29,33-34H,19-21H2,1H3/t29-/m0/s1. The van der Waals surface area contributed by atoms with Crippen molar-refractivity contribution in [2.24, 2.45) is 0 Å². The number of carbonyl (C=O) groups excluding carboxylic acids is 2. The first-order chi connectivity index (χ1) is 18.5. The molecule has 0 saturated heterocycles. The van der Waals surface area contributed by atoms with Gasteiger partial charge < -0.3 is 20.1 Å². The van der Waals surface area contributed by atoms with E-state index in [-0.39, 0.29) is 5.78 Å². The largest absolute Gasteiger partial charge is 0.492 e. The van der Waals surface area contributed by atoms with Crippen LogP contribution in [0.2, 0.25) is 5.02 Å². The number of ketones is 1. The van der Waals surface area contributed by atoms with Gasteiger partial charge in [-0.05, 0) is 42.0 Å². The molecular formula is C31H29ClN2O4. The minimum Gasteiger partial charge on any atom is -0.492 e. The smallest absolute Gasteiger partial charge is 0.328 e. The fourth-order valence-corrected chi connectivity index (χ4v) is 4.19. The number of nitrogens with one attached hydrogen (secondary N) is 2. The highest BCUT2D eigenvalue weighted by Crippen LogP contribution is 2.23. The third kappa shape index (κ3) is 7.14. The topological polar surface area (TPSA) is 76.7 Å². The lowest BCUT2D eigenvalue weighted by molar-refractivity contribution is -0.141. The van der Waals surface area contributed by atoms with Crippen LogP contribution in [-0.2, 0) is 16.0 Å². The Morgan fingerprint density at radius 1 is 0.816 bits per heavy atom. The number of halogens is 1. The van der Waals surface area contributed by atoms with Gasteiger partial charge in [-0.25, -0.2) is 4.79 Å². The molecule has 194 valence electrons. The van der Waals surface area contributed by atoms with Crippen LogP contribution in [0.25, 0.3) is 0 Å². The minimum atomic E-state index is -0.684. The lowest BCUT2D eigenvalue weighted by Gasteiger charge is -2.20. The molecule has 7 heteroatoms. The first-order valence-electron chi connectivity index (χ1n) is 12.3. The monoisotopic (exact) mass is 528 g/mol. The average Bonchev–Trinajstić information content (AvgIpc) is 2.96. The Bertz CT molecular complexity index is 1360. The lowest BCUT2D eigenvalue weighted by Crippen LogP contribution is -2.33. The van der Waals surface area contributed by atoms with Crippen LogP contribution in [-0.4, -0.2) is 38.1 Å². The molecule has 4 aromatic carbocycles. The van der Waals surface area contributed by atoms with Crippen molar-refractivity contribution in [2.45, 2.75) is 12.5 Å². The van der Waals surface area contributed by atoms with Gasteiger partial charge in [-0.3, -0.25) is 4.79 Å². The third-order valence-corrected chi connectivity index (χ3v) is 6.28. The molecule has 0 radical (unpaired) electrons. The highest BCUT2D eigenvalue weighted by atomic mass is 35.5. The fraction of sp³-hybridized carbons (Fsp3) is 0.161. The van der Waals surface area contributed by atoms with E-state index in [1.165, 1.54) is 7.11 Å². The number of carbonyl (C=O) groups is 2. The van der Waals surface area contributed by atoms with Crippen molar-refractivity contribution in [3.63, 3.8) is 0 Å². The van der Waals surface area contributed by atoms with Crippen molar-refractivity contribution in [3.05, 3.63) is 125 Å². The van der Waals surface area contributed by atoms with Crippen molar-refractivity contribution in [2.75, 3.05) is 30.9 Å². The molecular weight excluding hydrogens is 500 g/mol. The quantitative estimate of drug-likeness (QED) is 0.128. The van der Waals surface area contributed by atoms with Crippen molar-refractivity contribution in [3.8, 4) is 5.75 Å². The zero-order chi connectivity index (χ0) is 26.7. The van der Waals surface area contributed by atoms with Crippen LogP contribution in [0.15, 0.2) is 103 Å². The van der Waals surface area contributed by atoms with Crippen LogP contribution in [0, 0.1) is 0 Å². The summed E-state index contributed by atoms with van der Waals surface area (Å²) in [5, 5.41) is 7.14. The van der Waals surface area contributed by atoms with Gasteiger partial charge in [0.2, 0.25) is 0 Å². The summed E-state index contributed by atoms with van der Waals surface area (Å²) < 4.78 is 10.9. The van der Waals surface area contributed by atoms with E-state index in [1.54, 1.807) is 30.3 Å². The Morgan fingerprint density at radius 2 is 1.47 bits per heavy atom. The molecule has 38 heavy (non-hydrogen) atoms. The summed E-state index contributed by atoms with van der Waals surface area (Å²) in [6, 6.07) is 30.6. The number of para-hydroxylation sites is 2. The van der Waals surface area contributed by atoms with Crippen molar-refractivity contribution < 1.29 is 19.1 Å². The van der Waals surface area contributed by atoms with Crippen LogP contribution < -0.4 is 15.4 Å². The normalized spacial score (nSPS) is 11.3. The second kappa shape index (κ2) is 13.3. The number of hydrogen-bond donors (Lipinski definition) is 2. The van der Waals surface area contributed by atoms with Crippen LogP contribution >= 0.6 is 11.6 Å². The molecule has 0 heterocycles. The highest BCUT2D eigenvalue weighted by molar-refractivity contribution is 6.33. The summed E-state index contributed by atoms with van der Waals surface area (Å²) in [4.78, 5) is 25.8. The SMILES string of the molecule is COC(=O)[C@H](Cc1ccc(OCCNc2ccccc2Cl)cc1)Nc1ccccc1C(=O)c1ccccc1. The molecule has 4 aromatic rings. The van der Waals surface area contributed by atoms with Gasteiger partial charge in [0, 0.05) is 29.8 Å². The van der Waals surface area contributed by atoms with E-state index < -0.39 is 12.0 Å². The molecule has 0 aromatic heterocycles. The van der Waals surface area contributed by atoms with Gasteiger partial charge in [-0.2, -0.15) is 0 Å². The average molecular weight is 529 g/mol. The Hall–Kier alpha value is -4.29. The van der Waals surface area contributed by atoms with Crippen molar-refractivity contribution in [1.29, 1.82) is 0 Å². The van der Waals surface area contributed by atoms with Crippen LogP contribution in [0.1, 0.15) is 21.5 Å². The number of benzene rings is 4. The molecule has 0 bridgehead atoms. The van der Waals surface area contributed by atoms with Gasteiger partial charge in [-0.15, -0.1) is 0 Å². The summed E-state index contributed by atoms with van der Waals surface area (Å²) in [6.07, 6.45) is 0.370. The number of rotatable bonds is 12. The number of ether oxygens (including phenoxy) is 2. The summed E-state index contributed by atoms with van der Waals surface area (Å²) >= 11 is 6.16. The predicted octanol–water partition coefficient (Wildman–Crippen LogP) is 6.26. The molecule has 0 aliphatic carbocycles. The summed E-state index contributed by atoms with van der Waals surface area (Å²) in [5.41, 5.74) is 3.42. The fourth-order valence-electron chi connectivity index (χ4n) is 3.99. The number of esters is 1. The third-order valence-electron chi connectivity index (χ3n) is 5.95. The first kappa shape index (κ1) is 26.8. The molecule has 0 aliphatic rings. The molecule has 0 fully saturated rings. The minimum absolute atomic E-state index is 0.122. The first-order valence-corrected chi connectivity index (χ1v) is 12.7. The number of hydrogen-bond acceptors (Lipinski definition) is 6. The van der Waals surface area contributed by atoms with Crippen LogP contribution in [0.5, 0.6) is 5.75 Å². The molecule has 0 amide bonds. The molecule has 2 N–H and O–H groups in total. The van der Waals surface area contributed by atoms with Crippen LogP contribution in [0.3, 0.4) is 0 Å². The number of anilines is 2. The number of methoxy groups -OCH3 is 1. The van der Waals surface area contributed by atoms with Gasteiger partial charge >= 0.3 is 5.97 Å². The van der Waals surface area contributed by atoms with Gasteiger partial charge in [0.25, 0.3) is 0 Å². The van der Waals surface area contributed by atoms with Crippen LogP contribution in [0.4, 0.5) is 11.4 Å². The van der Waals surface area contributed by atoms with E-state index in [0.717, 1.165) is 17.0 Å². The van der Waals surface area contributed by atoms with E-state index in [0.29, 0.717) is 41.4 Å². The van der Waals surface area contributed by atoms with E-state index >= 15 is 0 Å². The van der Waals surface area contributed by atoms with Crippen molar-refractivity contribution >= 4 is 34.7 Å². The Kier molecular flexibility index (Phi) is 9.37. The molecule has 0 spiro atoms. The summed E-state index contributed by atoms with van der Waals surface area (Å²) in [6.45, 7) is 1.06. The van der Waals surface area contributed by atoms with Gasteiger partial charge in [0.1, 0.15) is 18.4 Å². The molecule has 4 rings (SSSR count). The molecule has 0 saturated carbocycles. The van der Waals surface area contributed by atoms with E-state index in [1.807, 2.05) is 72.8 Å². The maximum Gasteiger partial charge on any atom is 0.328 e. The van der Waals surface area contributed by atoms with Gasteiger partial charge in [0.15, 0.2) is 5.78 Å². The second-order valence-corrected chi connectivity index (χ2v) is 8.97. The van der Waals surface area contributed by atoms with Gasteiger partial charge in [-0.1, -0.05) is 78.3 Å². The predicted molar refractivity (Wildman–Crippen MR) is 151 cm³/mol.